The first kappa shape index (κ1) is 17.0. The van der Waals surface area contributed by atoms with Gasteiger partial charge in [0, 0.05) is 33.8 Å². The van der Waals surface area contributed by atoms with Crippen LogP contribution in [0.4, 0.5) is 4.39 Å². The van der Waals surface area contributed by atoms with E-state index in [9.17, 15) is 9.18 Å². The zero-order valence-electron chi connectivity index (χ0n) is 14.9. The zero-order chi connectivity index (χ0) is 19.1. The molecule has 2 N–H and O–H groups in total. The van der Waals surface area contributed by atoms with Crippen LogP contribution in [0.3, 0.4) is 0 Å². The summed E-state index contributed by atoms with van der Waals surface area (Å²) in [4.78, 5) is 11.1. The van der Waals surface area contributed by atoms with E-state index in [2.05, 4.69) is 28.6 Å². The number of benzene rings is 2. The number of nitrogens with one attached hydrogen (secondary N) is 1. The fourth-order valence-electron chi connectivity index (χ4n) is 3.54. The highest BCUT2D eigenvalue weighted by molar-refractivity contribution is 6.02. The average molecular weight is 363 g/mol. The van der Waals surface area contributed by atoms with Crippen molar-refractivity contribution in [3.8, 4) is 5.69 Å². The Morgan fingerprint density at radius 3 is 2.67 bits per heavy atom. The summed E-state index contributed by atoms with van der Waals surface area (Å²) in [7, 11) is 0. The number of carbonyl (C=O) groups is 1. The van der Waals surface area contributed by atoms with Crippen LogP contribution in [-0.2, 0) is 4.79 Å². The summed E-state index contributed by atoms with van der Waals surface area (Å²) in [5.74, 6) is -1.19. The van der Waals surface area contributed by atoms with Gasteiger partial charge in [-0.15, -0.1) is 0 Å². The number of rotatable bonds is 4. The number of nitrogens with zero attached hydrogens (tertiary/aromatic N) is 2. The largest absolute Gasteiger partial charge is 0.478 e. The molecule has 0 aliphatic carbocycles. The van der Waals surface area contributed by atoms with E-state index in [1.807, 2.05) is 12.1 Å². The smallest absolute Gasteiger partial charge is 0.328 e. The van der Waals surface area contributed by atoms with Crippen molar-refractivity contribution in [1.29, 1.82) is 0 Å². The minimum absolute atomic E-state index is 0.118. The number of fused-ring (bicyclic) bond motifs is 2. The third kappa shape index (κ3) is 2.89. The zero-order valence-corrected chi connectivity index (χ0v) is 14.9. The van der Waals surface area contributed by atoms with Crippen LogP contribution in [0, 0.1) is 5.82 Å². The van der Waals surface area contributed by atoms with Crippen molar-refractivity contribution in [1.82, 2.24) is 14.8 Å². The number of hydrogen-bond donors (Lipinski definition) is 2. The average Bonchev–Trinajstić information content (AvgIpc) is 3.20. The fraction of sp³-hybridized carbons (Fsp3) is 0.143. The van der Waals surface area contributed by atoms with E-state index >= 15 is 0 Å². The van der Waals surface area contributed by atoms with Crippen LogP contribution in [0.5, 0.6) is 0 Å². The quantitative estimate of drug-likeness (QED) is 0.508. The van der Waals surface area contributed by atoms with E-state index in [-0.39, 0.29) is 11.7 Å². The Bertz CT molecular complexity index is 1180. The molecule has 4 rings (SSSR count). The summed E-state index contributed by atoms with van der Waals surface area (Å²) in [5, 5.41) is 18.0. The highest BCUT2D eigenvalue weighted by Gasteiger charge is 2.20. The first-order chi connectivity index (χ1) is 13.0. The van der Waals surface area contributed by atoms with Crippen molar-refractivity contribution < 1.29 is 14.3 Å². The van der Waals surface area contributed by atoms with Crippen LogP contribution in [0.1, 0.15) is 31.0 Å². The number of aromatic nitrogens is 3. The number of halogens is 1. The molecule has 0 fully saturated rings. The first-order valence-corrected chi connectivity index (χ1v) is 8.64. The van der Waals surface area contributed by atoms with Gasteiger partial charge in [-0.05, 0) is 48.4 Å². The van der Waals surface area contributed by atoms with E-state index in [1.165, 1.54) is 12.1 Å². The molecule has 0 aliphatic heterocycles. The molecule has 0 aliphatic rings. The Morgan fingerprint density at radius 1 is 1.26 bits per heavy atom. The minimum Gasteiger partial charge on any atom is -0.478 e. The number of aromatic amines is 1. The molecule has 4 aromatic rings. The molecule has 2 aromatic carbocycles. The van der Waals surface area contributed by atoms with Gasteiger partial charge in [-0.2, -0.15) is 5.10 Å². The molecule has 0 amide bonds. The first-order valence-electron chi connectivity index (χ1n) is 8.64. The minimum atomic E-state index is -1.00. The van der Waals surface area contributed by atoms with Crippen molar-refractivity contribution >= 4 is 33.9 Å². The van der Waals surface area contributed by atoms with Crippen molar-refractivity contribution in [3.63, 3.8) is 0 Å². The summed E-state index contributed by atoms with van der Waals surface area (Å²) in [5.41, 5.74) is 4.42. The highest BCUT2D eigenvalue weighted by Crippen LogP contribution is 2.36. The number of aliphatic carboxylic acids is 1. The molecule has 27 heavy (non-hydrogen) atoms. The van der Waals surface area contributed by atoms with E-state index in [0.29, 0.717) is 0 Å². The van der Waals surface area contributed by atoms with Gasteiger partial charge in [-0.25, -0.2) is 9.18 Å². The second-order valence-electron chi connectivity index (χ2n) is 6.76. The van der Waals surface area contributed by atoms with Crippen LogP contribution in [0.15, 0.2) is 48.7 Å². The van der Waals surface area contributed by atoms with E-state index in [4.69, 9.17) is 5.11 Å². The second kappa shape index (κ2) is 6.39. The molecule has 0 saturated heterocycles. The normalized spacial score (nSPS) is 12.0. The molecule has 0 spiro atoms. The molecule has 2 aromatic heterocycles. The van der Waals surface area contributed by atoms with Gasteiger partial charge in [0.15, 0.2) is 0 Å². The van der Waals surface area contributed by atoms with Gasteiger partial charge in [0.2, 0.25) is 0 Å². The fourth-order valence-corrected chi connectivity index (χ4v) is 3.54. The maximum absolute atomic E-state index is 13.5. The molecule has 2 heterocycles. The van der Waals surface area contributed by atoms with E-state index < -0.39 is 5.97 Å². The number of carboxylic acids is 1. The standard InChI is InChI=1S/C21H18FN3O2/c1-12(2)21-16(7-8-20(26)27)17-10-18-13(11-23-24-18)9-19(17)25(21)15-5-3-14(22)4-6-15/h3-12H,1-2H3,(H,23,24)(H,26,27)/b8-7+. The molecular formula is C21H18FN3O2. The lowest BCUT2D eigenvalue weighted by molar-refractivity contribution is -0.131. The van der Waals surface area contributed by atoms with E-state index in [0.717, 1.165) is 44.8 Å². The number of hydrogen-bond acceptors (Lipinski definition) is 2. The lowest BCUT2D eigenvalue weighted by Gasteiger charge is -2.14. The summed E-state index contributed by atoms with van der Waals surface area (Å²) in [6.45, 7) is 4.11. The Kier molecular flexibility index (Phi) is 4.03. The molecular weight excluding hydrogens is 345 g/mol. The summed E-state index contributed by atoms with van der Waals surface area (Å²) < 4.78 is 15.5. The third-order valence-corrected chi connectivity index (χ3v) is 4.63. The van der Waals surface area contributed by atoms with Crippen LogP contribution >= 0.6 is 0 Å². The van der Waals surface area contributed by atoms with Gasteiger partial charge in [0.05, 0.1) is 17.2 Å². The highest BCUT2D eigenvalue weighted by atomic mass is 19.1. The molecule has 0 unspecified atom stereocenters. The Labute approximate surface area is 154 Å². The SMILES string of the molecule is CC(C)c1c(/C=C/C(=O)O)c2cc3[nH]ncc3cc2n1-c1ccc(F)cc1. The molecule has 0 atom stereocenters. The number of carboxylic acid groups (broad SMARTS) is 1. The van der Waals surface area contributed by atoms with Crippen molar-refractivity contribution in [2.24, 2.45) is 0 Å². The Hall–Kier alpha value is -3.41. The Balaban J connectivity index is 2.14. The van der Waals surface area contributed by atoms with E-state index in [1.54, 1.807) is 24.4 Å². The summed E-state index contributed by atoms with van der Waals surface area (Å²) in [6.07, 6.45) is 4.52. The molecule has 0 bridgehead atoms. The Morgan fingerprint density at radius 2 is 2.00 bits per heavy atom. The molecule has 0 radical (unpaired) electrons. The van der Waals surface area contributed by atoms with Crippen molar-refractivity contribution in [2.45, 2.75) is 19.8 Å². The van der Waals surface area contributed by atoms with Gasteiger partial charge in [0.1, 0.15) is 5.82 Å². The van der Waals surface area contributed by atoms with Gasteiger partial charge in [-0.1, -0.05) is 13.8 Å². The molecule has 136 valence electrons. The molecule has 0 saturated carbocycles. The van der Waals surface area contributed by atoms with Crippen LogP contribution in [0.25, 0.3) is 33.6 Å². The second-order valence-corrected chi connectivity index (χ2v) is 6.76. The van der Waals surface area contributed by atoms with Gasteiger partial charge >= 0.3 is 5.97 Å². The molecule has 6 heteroatoms. The van der Waals surface area contributed by atoms with Crippen LogP contribution < -0.4 is 0 Å². The van der Waals surface area contributed by atoms with Gasteiger partial charge in [-0.3, -0.25) is 5.10 Å². The topological polar surface area (TPSA) is 70.9 Å². The van der Waals surface area contributed by atoms with Gasteiger partial charge < -0.3 is 9.67 Å². The predicted molar refractivity (Wildman–Crippen MR) is 104 cm³/mol. The van der Waals surface area contributed by atoms with Crippen LogP contribution in [0.2, 0.25) is 0 Å². The van der Waals surface area contributed by atoms with Crippen molar-refractivity contribution in [2.75, 3.05) is 0 Å². The van der Waals surface area contributed by atoms with Crippen LogP contribution in [-0.4, -0.2) is 25.8 Å². The monoisotopic (exact) mass is 363 g/mol. The predicted octanol–water partition coefficient (Wildman–Crippen LogP) is 4.87. The molecule has 5 nitrogen and oxygen atoms in total. The number of H-pyrrole nitrogens is 1. The maximum atomic E-state index is 13.5. The lowest BCUT2D eigenvalue weighted by atomic mass is 10.0. The third-order valence-electron chi connectivity index (χ3n) is 4.63. The van der Waals surface area contributed by atoms with Crippen molar-refractivity contribution in [3.05, 3.63) is 65.7 Å². The maximum Gasteiger partial charge on any atom is 0.328 e. The summed E-state index contributed by atoms with van der Waals surface area (Å²) in [6, 6.07) is 10.3. The lowest BCUT2D eigenvalue weighted by Crippen LogP contribution is -2.03. The summed E-state index contributed by atoms with van der Waals surface area (Å²) >= 11 is 0. The van der Waals surface area contributed by atoms with Gasteiger partial charge in [0.25, 0.3) is 0 Å².